The second kappa shape index (κ2) is 11.3. The number of amides is 2. The average molecular weight is 480 g/mol. The van der Waals surface area contributed by atoms with Crippen molar-refractivity contribution in [1.29, 1.82) is 0 Å². The highest BCUT2D eigenvalue weighted by Crippen LogP contribution is 2.26. The van der Waals surface area contributed by atoms with Gasteiger partial charge in [-0.05, 0) is 49.1 Å². The number of benzene rings is 2. The van der Waals surface area contributed by atoms with E-state index in [0.29, 0.717) is 29.1 Å². The molecule has 2 aromatic rings. The Morgan fingerprint density at radius 3 is 2.31 bits per heavy atom. The Balaban J connectivity index is 2.37. The minimum atomic E-state index is -3.77. The molecule has 0 bridgehead atoms. The zero-order valence-electron chi connectivity index (χ0n) is 18.8. The molecule has 0 aliphatic rings. The fourth-order valence-corrected chi connectivity index (χ4v) is 4.69. The number of rotatable bonds is 10. The first-order chi connectivity index (χ1) is 15.1. The first-order valence-corrected chi connectivity index (χ1v) is 12.6. The Bertz CT molecular complexity index is 1040. The smallest absolute Gasteiger partial charge is 0.244 e. The van der Waals surface area contributed by atoms with Gasteiger partial charge in [-0.25, -0.2) is 8.42 Å². The molecule has 0 heterocycles. The molecule has 0 aliphatic heterocycles. The quantitative estimate of drug-likeness (QED) is 0.567. The Hall–Kier alpha value is -2.58. The van der Waals surface area contributed by atoms with Crippen LogP contribution in [-0.2, 0) is 26.0 Å². The third-order valence-corrected chi connectivity index (χ3v) is 6.58. The summed E-state index contributed by atoms with van der Waals surface area (Å²) < 4.78 is 26.2. The highest BCUT2D eigenvalue weighted by Gasteiger charge is 2.31. The summed E-state index contributed by atoms with van der Waals surface area (Å²) in [6.45, 7) is 3.42. The molecule has 0 fully saturated rings. The Morgan fingerprint density at radius 1 is 1.12 bits per heavy atom. The highest BCUT2D eigenvalue weighted by atomic mass is 35.5. The number of hydrogen-bond acceptors (Lipinski definition) is 4. The summed E-state index contributed by atoms with van der Waals surface area (Å²) in [5, 5.41) is 3.07. The third-order valence-electron chi connectivity index (χ3n) is 5.22. The van der Waals surface area contributed by atoms with Crippen molar-refractivity contribution in [2.45, 2.75) is 32.7 Å². The maximum atomic E-state index is 13.4. The van der Waals surface area contributed by atoms with Gasteiger partial charge in [-0.15, -0.1) is 0 Å². The molecular formula is C23H30ClN3O4S. The number of halogens is 1. The molecule has 32 heavy (non-hydrogen) atoms. The molecule has 0 saturated heterocycles. The predicted octanol–water partition coefficient (Wildman–Crippen LogP) is 3.01. The van der Waals surface area contributed by atoms with Crippen LogP contribution >= 0.6 is 11.6 Å². The average Bonchev–Trinajstić information content (AvgIpc) is 2.74. The molecule has 2 aromatic carbocycles. The molecule has 7 nitrogen and oxygen atoms in total. The van der Waals surface area contributed by atoms with Gasteiger partial charge >= 0.3 is 0 Å². The van der Waals surface area contributed by atoms with E-state index >= 15 is 0 Å². The van der Waals surface area contributed by atoms with Crippen molar-refractivity contribution in [3.05, 3.63) is 64.7 Å². The van der Waals surface area contributed by atoms with Crippen LogP contribution < -0.4 is 9.62 Å². The molecule has 0 radical (unpaired) electrons. The maximum absolute atomic E-state index is 13.4. The minimum Gasteiger partial charge on any atom is -0.357 e. The van der Waals surface area contributed by atoms with E-state index in [-0.39, 0.29) is 12.5 Å². The van der Waals surface area contributed by atoms with Gasteiger partial charge in [0.1, 0.15) is 12.6 Å². The van der Waals surface area contributed by atoms with Crippen LogP contribution in [0.3, 0.4) is 0 Å². The molecule has 1 N–H and O–H groups in total. The molecule has 174 valence electrons. The Labute approximate surface area is 195 Å². The van der Waals surface area contributed by atoms with Crippen molar-refractivity contribution >= 4 is 39.1 Å². The first kappa shape index (κ1) is 25.7. The van der Waals surface area contributed by atoms with Gasteiger partial charge in [-0.2, -0.15) is 0 Å². The van der Waals surface area contributed by atoms with E-state index in [1.165, 1.54) is 11.9 Å². The van der Waals surface area contributed by atoms with Crippen LogP contribution in [0.2, 0.25) is 5.02 Å². The molecule has 0 spiro atoms. The van der Waals surface area contributed by atoms with Crippen LogP contribution in [0.5, 0.6) is 0 Å². The van der Waals surface area contributed by atoms with Crippen LogP contribution in [0, 0.1) is 6.92 Å². The molecule has 0 aromatic heterocycles. The number of nitrogens with one attached hydrogen (secondary N) is 1. The van der Waals surface area contributed by atoms with Gasteiger partial charge in [0, 0.05) is 18.6 Å². The number of hydrogen-bond donors (Lipinski definition) is 1. The minimum absolute atomic E-state index is 0.284. The monoisotopic (exact) mass is 479 g/mol. The van der Waals surface area contributed by atoms with E-state index in [2.05, 4.69) is 5.32 Å². The summed E-state index contributed by atoms with van der Waals surface area (Å²) in [6, 6.07) is 13.7. The van der Waals surface area contributed by atoms with Crippen molar-refractivity contribution in [2.75, 3.05) is 30.7 Å². The molecule has 1 unspecified atom stereocenters. The topological polar surface area (TPSA) is 86.8 Å². The zero-order chi connectivity index (χ0) is 23.9. The molecule has 0 saturated carbocycles. The summed E-state index contributed by atoms with van der Waals surface area (Å²) in [5.74, 6) is -0.737. The molecule has 9 heteroatoms. The molecular weight excluding hydrogens is 450 g/mol. The van der Waals surface area contributed by atoms with Gasteiger partial charge in [-0.3, -0.25) is 13.9 Å². The maximum Gasteiger partial charge on any atom is 0.244 e. The van der Waals surface area contributed by atoms with Gasteiger partial charge < -0.3 is 10.2 Å². The van der Waals surface area contributed by atoms with E-state index in [1.54, 1.807) is 25.1 Å². The standard InChI is InChI=1S/C23H30ClN3O4S/c1-5-20(23(29)25-3)26(14-13-18-9-7-6-8-10-18)22(28)16-27(32(4,30)31)21-12-11-19(24)15-17(21)2/h6-12,15,20H,5,13-14,16H2,1-4H3,(H,25,29). The summed E-state index contributed by atoms with van der Waals surface area (Å²) in [4.78, 5) is 27.4. The van der Waals surface area contributed by atoms with Crippen LogP contribution in [0.25, 0.3) is 0 Å². The summed E-state index contributed by atoms with van der Waals surface area (Å²) in [5.41, 5.74) is 2.02. The second-order valence-electron chi connectivity index (χ2n) is 7.56. The lowest BCUT2D eigenvalue weighted by atomic mass is 10.1. The first-order valence-electron chi connectivity index (χ1n) is 10.4. The van der Waals surface area contributed by atoms with E-state index < -0.39 is 28.5 Å². The predicted molar refractivity (Wildman–Crippen MR) is 128 cm³/mol. The SMILES string of the molecule is CCC(C(=O)NC)N(CCc1ccccc1)C(=O)CN(c1ccc(Cl)cc1C)S(C)(=O)=O. The summed E-state index contributed by atoms with van der Waals surface area (Å²) in [7, 11) is -2.25. The van der Waals surface area contributed by atoms with E-state index in [0.717, 1.165) is 16.1 Å². The Kier molecular flexibility index (Phi) is 9.09. The molecule has 0 aliphatic carbocycles. The number of sulfonamides is 1. The number of carbonyl (C=O) groups is 2. The second-order valence-corrected chi connectivity index (χ2v) is 9.90. The number of carbonyl (C=O) groups excluding carboxylic acids is 2. The normalized spacial score (nSPS) is 12.2. The summed E-state index contributed by atoms with van der Waals surface area (Å²) in [6.07, 6.45) is 2.00. The fraction of sp³-hybridized carbons (Fsp3) is 0.391. The van der Waals surface area contributed by atoms with Crippen LogP contribution in [-0.4, -0.2) is 57.6 Å². The molecule has 1 atom stereocenters. The van der Waals surface area contributed by atoms with Crippen LogP contribution in [0.4, 0.5) is 5.69 Å². The number of likely N-dealkylation sites (N-methyl/N-ethyl adjacent to an activating group) is 1. The third kappa shape index (κ3) is 6.71. The van der Waals surface area contributed by atoms with Gasteiger partial charge in [0.05, 0.1) is 11.9 Å². The fourth-order valence-electron chi connectivity index (χ4n) is 3.56. The van der Waals surface area contributed by atoms with Crippen LogP contribution in [0.1, 0.15) is 24.5 Å². The van der Waals surface area contributed by atoms with E-state index in [1.807, 2.05) is 37.3 Å². The van der Waals surface area contributed by atoms with E-state index in [4.69, 9.17) is 11.6 Å². The van der Waals surface area contributed by atoms with Crippen molar-refractivity contribution < 1.29 is 18.0 Å². The number of anilines is 1. The van der Waals surface area contributed by atoms with Gasteiger partial charge in [-0.1, -0.05) is 48.9 Å². The van der Waals surface area contributed by atoms with Gasteiger partial charge in [0.2, 0.25) is 21.8 Å². The van der Waals surface area contributed by atoms with Gasteiger partial charge in [0.15, 0.2) is 0 Å². The Morgan fingerprint density at radius 2 is 1.78 bits per heavy atom. The number of nitrogens with zero attached hydrogens (tertiary/aromatic N) is 2. The molecule has 2 amide bonds. The summed E-state index contributed by atoms with van der Waals surface area (Å²) >= 11 is 6.02. The highest BCUT2D eigenvalue weighted by molar-refractivity contribution is 7.92. The zero-order valence-corrected chi connectivity index (χ0v) is 20.4. The van der Waals surface area contributed by atoms with E-state index in [9.17, 15) is 18.0 Å². The van der Waals surface area contributed by atoms with Crippen LogP contribution in [0.15, 0.2) is 48.5 Å². The van der Waals surface area contributed by atoms with Gasteiger partial charge in [0.25, 0.3) is 0 Å². The lowest BCUT2D eigenvalue weighted by Crippen LogP contribution is -2.52. The lowest BCUT2D eigenvalue weighted by Gasteiger charge is -2.33. The van der Waals surface area contributed by atoms with Crippen molar-refractivity contribution in [2.24, 2.45) is 0 Å². The lowest BCUT2D eigenvalue weighted by molar-refractivity contribution is -0.139. The largest absolute Gasteiger partial charge is 0.357 e. The van der Waals surface area contributed by atoms with Crippen molar-refractivity contribution in [1.82, 2.24) is 10.2 Å². The van der Waals surface area contributed by atoms with Crippen molar-refractivity contribution in [3.63, 3.8) is 0 Å². The molecule has 2 rings (SSSR count). The van der Waals surface area contributed by atoms with Crippen molar-refractivity contribution in [3.8, 4) is 0 Å². The number of aryl methyl sites for hydroxylation is 1.